The lowest BCUT2D eigenvalue weighted by atomic mass is 10.6. The van der Waals surface area contributed by atoms with Crippen LogP contribution in [0.15, 0.2) is 16.6 Å². The Balaban J connectivity index is 2.13. The van der Waals surface area contributed by atoms with Gasteiger partial charge in [-0.3, -0.25) is 4.40 Å². The summed E-state index contributed by atoms with van der Waals surface area (Å²) in [5.41, 5.74) is 0. The summed E-state index contributed by atoms with van der Waals surface area (Å²) in [6, 6.07) is 0. The van der Waals surface area contributed by atoms with Gasteiger partial charge < -0.3 is 5.32 Å². The zero-order valence-electron chi connectivity index (χ0n) is 10.4. The van der Waals surface area contributed by atoms with Crippen molar-refractivity contribution in [3.05, 3.63) is 11.6 Å². The van der Waals surface area contributed by atoms with Crippen LogP contribution in [0.25, 0.3) is 4.96 Å². The molecule has 1 aliphatic heterocycles. The van der Waals surface area contributed by atoms with Gasteiger partial charge in [-0.1, -0.05) is 0 Å². The number of imidazole rings is 1. The summed E-state index contributed by atoms with van der Waals surface area (Å²) in [7, 11) is -1.80. The molecule has 104 valence electrons. The molecule has 0 atom stereocenters. The van der Waals surface area contributed by atoms with E-state index >= 15 is 0 Å². The van der Waals surface area contributed by atoms with E-state index in [1.807, 2.05) is 5.38 Å². The predicted molar refractivity (Wildman–Crippen MR) is 78.7 cm³/mol. The molecule has 19 heavy (non-hydrogen) atoms. The molecule has 3 heterocycles. The van der Waals surface area contributed by atoms with E-state index in [1.165, 1.54) is 11.3 Å². The molecular weight excluding hydrogens is 304 g/mol. The highest BCUT2D eigenvalue weighted by Crippen LogP contribution is 2.29. The molecule has 0 aliphatic carbocycles. The Bertz CT molecular complexity index is 685. The first-order valence-corrected chi connectivity index (χ1v) is 9.33. The van der Waals surface area contributed by atoms with Crippen molar-refractivity contribution >= 4 is 43.9 Å². The molecule has 1 aliphatic rings. The van der Waals surface area contributed by atoms with Crippen LogP contribution in [-0.4, -0.2) is 53.8 Å². The van der Waals surface area contributed by atoms with E-state index in [9.17, 15) is 8.42 Å². The van der Waals surface area contributed by atoms with Crippen LogP contribution in [0.3, 0.4) is 0 Å². The van der Waals surface area contributed by atoms with Gasteiger partial charge in [-0.25, -0.2) is 13.4 Å². The van der Waals surface area contributed by atoms with E-state index in [4.69, 9.17) is 0 Å². The minimum atomic E-state index is -3.49. The molecule has 0 spiro atoms. The Morgan fingerprint density at radius 1 is 1.37 bits per heavy atom. The average molecular weight is 318 g/mol. The number of nitrogens with one attached hydrogen (secondary N) is 1. The topological polar surface area (TPSA) is 66.7 Å². The quantitative estimate of drug-likeness (QED) is 0.920. The molecule has 6 nitrogen and oxygen atoms in total. The Morgan fingerprint density at radius 3 is 2.79 bits per heavy atom. The molecule has 2 aromatic rings. The van der Waals surface area contributed by atoms with Gasteiger partial charge in [-0.2, -0.15) is 16.1 Å². The molecule has 1 saturated heterocycles. The fraction of sp³-hybridized carbons (Fsp3) is 0.500. The maximum absolute atomic E-state index is 12.8. The van der Waals surface area contributed by atoms with Crippen molar-refractivity contribution in [2.45, 2.75) is 5.03 Å². The summed E-state index contributed by atoms with van der Waals surface area (Å²) in [6.07, 6.45) is 1.75. The number of rotatable bonds is 3. The number of thioether (sulfide) groups is 1. The Labute approximate surface area is 119 Å². The van der Waals surface area contributed by atoms with Gasteiger partial charge in [-0.05, 0) is 0 Å². The van der Waals surface area contributed by atoms with Crippen LogP contribution in [0.5, 0.6) is 0 Å². The van der Waals surface area contributed by atoms with Crippen molar-refractivity contribution < 1.29 is 8.42 Å². The van der Waals surface area contributed by atoms with Gasteiger partial charge in [-0.15, -0.1) is 11.3 Å². The number of anilines is 1. The van der Waals surface area contributed by atoms with Crippen LogP contribution >= 0.6 is 23.1 Å². The lowest BCUT2D eigenvalue weighted by molar-refractivity contribution is 0.441. The molecule has 2 aromatic heterocycles. The van der Waals surface area contributed by atoms with Crippen LogP contribution in [0.1, 0.15) is 0 Å². The highest BCUT2D eigenvalue weighted by Gasteiger charge is 2.32. The Morgan fingerprint density at radius 2 is 2.11 bits per heavy atom. The molecule has 1 fully saturated rings. The lowest BCUT2D eigenvalue weighted by Crippen LogP contribution is -2.38. The van der Waals surface area contributed by atoms with Crippen LogP contribution in [0.2, 0.25) is 0 Å². The predicted octanol–water partition coefficient (Wildman–Crippen LogP) is 1.18. The van der Waals surface area contributed by atoms with Gasteiger partial charge >= 0.3 is 0 Å². The molecule has 0 saturated carbocycles. The fourth-order valence-electron chi connectivity index (χ4n) is 2.08. The fourth-order valence-corrected chi connectivity index (χ4v) is 5.69. The van der Waals surface area contributed by atoms with E-state index in [0.29, 0.717) is 23.9 Å². The largest absolute Gasteiger partial charge is 0.371 e. The number of hydrogen-bond donors (Lipinski definition) is 1. The normalized spacial score (nSPS) is 17.9. The summed E-state index contributed by atoms with van der Waals surface area (Å²) in [5, 5.41) is 4.97. The molecule has 9 heteroatoms. The van der Waals surface area contributed by atoms with E-state index in [-0.39, 0.29) is 5.03 Å². The van der Waals surface area contributed by atoms with Gasteiger partial charge in [0.05, 0.1) is 0 Å². The zero-order valence-corrected chi connectivity index (χ0v) is 12.8. The van der Waals surface area contributed by atoms with Crippen molar-refractivity contribution in [2.24, 2.45) is 0 Å². The van der Waals surface area contributed by atoms with Crippen LogP contribution in [-0.2, 0) is 10.0 Å². The summed E-state index contributed by atoms with van der Waals surface area (Å²) < 4.78 is 28.7. The summed E-state index contributed by atoms with van der Waals surface area (Å²) >= 11 is 3.21. The Hall–Kier alpha value is -0.770. The number of fused-ring (bicyclic) bond motifs is 1. The monoisotopic (exact) mass is 318 g/mol. The maximum atomic E-state index is 12.8. The van der Waals surface area contributed by atoms with Gasteiger partial charge in [0.15, 0.2) is 15.8 Å². The summed E-state index contributed by atoms with van der Waals surface area (Å²) in [4.78, 5) is 5.00. The maximum Gasteiger partial charge on any atom is 0.262 e. The van der Waals surface area contributed by atoms with Crippen molar-refractivity contribution in [1.29, 1.82) is 0 Å². The molecular formula is C10H14N4O2S3. The van der Waals surface area contributed by atoms with Crippen LogP contribution in [0, 0.1) is 0 Å². The van der Waals surface area contributed by atoms with E-state index in [2.05, 4.69) is 10.3 Å². The molecule has 0 bridgehead atoms. The lowest BCUT2D eigenvalue weighted by Gasteiger charge is -2.25. The molecule has 0 aromatic carbocycles. The zero-order chi connectivity index (χ0) is 13.5. The van der Waals surface area contributed by atoms with Crippen LogP contribution < -0.4 is 5.32 Å². The standard InChI is InChI=1S/C10H14N4O2S3/c1-11-8-9(14-4-7-18-10(14)12-8)19(15,16)13-2-5-17-6-3-13/h4,7,11H,2-3,5-6H2,1H3. The highest BCUT2D eigenvalue weighted by atomic mass is 32.2. The second-order valence-electron chi connectivity index (χ2n) is 4.09. The number of hydrogen-bond acceptors (Lipinski definition) is 6. The third-order valence-electron chi connectivity index (χ3n) is 3.01. The smallest absolute Gasteiger partial charge is 0.262 e. The SMILES string of the molecule is CNc1nc2sccn2c1S(=O)(=O)N1CCSCC1. The third-order valence-corrected chi connectivity index (χ3v) is 6.63. The minimum Gasteiger partial charge on any atom is -0.371 e. The first kappa shape index (κ1) is 13.2. The van der Waals surface area contributed by atoms with E-state index < -0.39 is 10.0 Å². The Kier molecular flexibility index (Phi) is 3.46. The number of thiazole rings is 1. The van der Waals surface area contributed by atoms with Crippen molar-refractivity contribution in [3.63, 3.8) is 0 Å². The van der Waals surface area contributed by atoms with Crippen molar-refractivity contribution in [2.75, 3.05) is 37.0 Å². The van der Waals surface area contributed by atoms with E-state index in [1.54, 1.807) is 33.7 Å². The molecule has 3 rings (SSSR count). The van der Waals surface area contributed by atoms with Gasteiger partial charge in [0, 0.05) is 43.2 Å². The van der Waals surface area contributed by atoms with Gasteiger partial charge in [0.1, 0.15) is 0 Å². The number of aromatic nitrogens is 2. The number of nitrogens with zero attached hydrogens (tertiary/aromatic N) is 3. The first-order chi connectivity index (χ1) is 9.14. The third kappa shape index (κ3) is 2.14. The first-order valence-electron chi connectivity index (χ1n) is 5.86. The van der Waals surface area contributed by atoms with Crippen molar-refractivity contribution in [3.8, 4) is 0 Å². The molecule has 1 N–H and O–H groups in total. The average Bonchev–Trinajstić information content (AvgIpc) is 2.98. The number of sulfonamides is 1. The second kappa shape index (κ2) is 4.97. The van der Waals surface area contributed by atoms with Gasteiger partial charge in [0.2, 0.25) is 0 Å². The van der Waals surface area contributed by atoms with E-state index in [0.717, 1.165) is 11.5 Å². The minimum absolute atomic E-state index is 0.248. The van der Waals surface area contributed by atoms with Crippen molar-refractivity contribution in [1.82, 2.24) is 13.7 Å². The summed E-state index contributed by atoms with van der Waals surface area (Å²) in [6.45, 7) is 1.13. The highest BCUT2D eigenvalue weighted by molar-refractivity contribution is 7.99. The van der Waals surface area contributed by atoms with Crippen LogP contribution in [0.4, 0.5) is 5.82 Å². The van der Waals surface area contributed by atoms with Gasteiger partial charge in [0.25, 0.3) is 10.0 Å². The molecule has 0 radical (unpaired) electrons. The molecule has 0 unspecified atom stereocenters. The summed E-state index contributed by atoms with van der Waals surface area (Å²) in [5.74, 6) is 2.12. The second-order valence-corrected chi connectivity index (χ2v) is 8.04. The molecule has 0 amide bonds.